The Bertz CT molecular complexity index is 256. The number of carbonyl (C=O) groups excluding carboxylic acids is 1. The lowest BCUT2D eigenvalue weighted by molar-refractivity contribution is -0.135. The average molecular weight is 255 g/mol. The van der Waals surface area contributed by atoms with Crippen molar-refractivity contribution in [2.75, 3.05) is 13.1 Å². The summed E-state index contributed by atoms with van der Waals surface area (Å²) < 4.78 is 0. The minimum atomic E-state index is -0.366. The molecule has 3 N–H and O–H groups in total. The summed E-state index contributed by atoms with van der Waals surface area (Å²) in [7, 11) is 0. The molecular weight excluding hydrogens is 228 g/mol. The van der Waals surface area contributed by atoms with Gasteiger partial charge < -0.3 is 15.7 Å². The second kappa shape index (κ2) is 7.74. The molecule has 1 radical (unpaired) electrons. The summed E-state index contributed by atoms with van der Waals surface area (Å²) in [5.74, 6) is 0.868. The lowest BCUT2D eigenvalue weighted by Gasteiger charge is -2.35. The van der Waals surface area contributed by atoms with E-state index in [9.17, 15) is 4.79 Å². The van der Waals surface area contributed by atoms with E-state index in [4.69, 9.17) is 10.8 Å². The first-order valence-corrected chi connectivity index (χ1v) is 7.06. The number of nitrogens with two attached hydrogens (primary N) is 1. The molecule has 0 aromatic rings. The molecule has 1 aliphatic rings. The van der Waals surface area contributed by atoms with Crippen molar-refractivity contribution >= 4 is 5.91 Å². The van der Waals surface area contributed by atoms with Gasteiger partial charge in [-0.25, -0.2) is 0 Å². The molecule has 4 heteroatoms. The van der Waals surface area contributed by atoms with E-state index in [0.717, 1.165) is 38.8 Å². The second-order valence-corrected chi connectivity index (χ2v) is 5.68. The van der Waals surface area contributed by atoms with Gasteiger partial charge in [-0.05, 0) is 37.5 Å². The first kappa shape index (κ1) is 15.4. The number of amides is 1. The molecule has 105 valence electrons. The molecule has 0 unspecified atom stereocenters. The third-order valence-corrected chi connectivity index (χ3v) is 3.78. The van der Waals surface area contributed by atoms with Crippen LogP contribution in [-0.2, 0) is 4.79 Å². The second-order valence-electron chi connectivity index (χ2n) is 5.68. The van der Waals surface area contributed by atoms with Gasteiger partial charge in [-0.15, -0.1) is 0 Å². The van der Waals surface area contributed by atoms with E-state index in [1.165, 1.54) is 13.0 Å². The van der Waals surface area contributed by atoms with Crippen molar-refractivity contribution in [1.29, 1.82) is 0 Å². The van der Waals surface area contributed by atoms with Gasteiger partial charge in [-0.1, -0.05) is 20.3 Å². The van der Waals surface area contributed by atoms with E-state index in [1.807, 2.05) is 18.7 Å². The number of rotatable bonds is 6. The van der Waals surface area contributed by atoms with E-state index in [2.05, 4.69) is 0 Å². The Kier molecular flexibility index (Phi) is 6.65. The summed E-state index contributed by atoms with van der Waals surface area (Å²) in [5.41, 5.74) is 5.93. The smallest absolute Gasteiger partial charge is 0.239 e. The Hall–Kier alpha value is -0.610. The molecule has 0 bridgehead atoms. The van der Waals surface area contributed by atoms with Crippen LogP contribution >= 0.6 is 0 Å². The van der Waals surface area contributed by atoms with Crippen molar-refractivity contribution in [3.8, 4) is 0 Å². The van der Waals surface area contributed by atoms with Gasteiger partial charge >= 0.3 is 0 Å². The highest BCUT2D eigenvalue weighted by Gasteiger charge is 2.28. The minimum absolute atomic E-state index is 0.100. The molecule has 0 spiro atoms. The fourth-order valence-corrected chi connectivity index (χ4v) is 2.49. The van der Waals surface area contributed by atoms with Gasteiger partial charge in [0.15, 0.2) is 0 Å². The molecule has 0 saturated carbocycles. The van der Waals surface area contributed by atoms with Crippen LogP contribution in [-0.4, -0.2) is 35.0 Å². The summed E-state index contributed by atoms with van der Waals surface area (Å²) >= 11 is 0. The van der Waals surface area contributed by atoms with Crippen LogP contribution in [0.25, 0.3) is 0 Å². The maximum Gasteiger partial charge on any atom is 0.239 e. The first-order chi connectivity index (χ1) is 8.56. The van der Waals surface area contributed by atoms with E-state index in [1.54, 1.807) is 0 Å². The standard InChI is InChI=1S/C14H27N2O2/c1-11(2)13(15)14(18)16-8-5-7-12(10-16)6-3-4-9-17/h9,11-13,17H,3-8,10,15H2,1-2H3/t12-,13+/m1/s1. The van der Waals surface area contributed by atoms with Crippen LogP contribution in [0.5, 0.6) is 0 Å². The Morgan fingerprint density at radius 1 is 1.56 bits per heavy atom. The Morgan fingerprint density at radius 2 is 2.28 bits per heavy atom. The number of nitrogens with zero attached hydrogens (tertiary/aromatic N) is 1. The molecule has 0 aromatic heterocycles. The number of unbranched alkanes of at least 4 members (excludes halogenated alkanes) is 1. The molecule has 1 heterocycles. The van der Waals surface area contributed by atoms with E-state index in [-0.39, 0.29) is 17.9 Å². The van der Waals surface area contributed by atoms with Crippen LogP contribution < -0.4 is 5.73 Å². The van der Waals surface area contributed by atoms with Gasteiger partial charge in [0.2, 0.25) is 5.91 Å². The van der Waals surface area contributed by atoms with Crippen LogP contribution in [0, 0.1) is 18.4 Å². The fourth-order valence-electron chi connectivity index (χ4n) is 2.49. The molecule has 1 amide bonds. The monoisotopic (exact) mass is 255 g/mol. The van der Waals surface area contributed by atoms with E-state index >= 15 is 0 Å². The summed E-state index contributed by atoms with van der Waals surface area (Å²) in [5, 5.41) is 8.66. The van der Waals surface area contributed by atoms with Crippen molar-refractivity contribution in [3.63, 3.8) is 0 Å². The third-order valence-electron chi connectivity index (χ3n) is 3.78. The molecule has 1 aliphatic heterocycles. The van der Waals surface area contributed by atoms with Gasteiger partial charge in [0.1, 0.15) is 0 Å². The number of aliphatic hydroxyl groups excluding tert-OH is 1. The van der Waals surface area contributed by atoms with Gasteiger partial charge in [0.25, 0.3) is 0 Å². The van der Waals surface area contributed by atoms with Crippen LogP contribution in [0.1, 0.15) is 46.0 Å². The van der Waals surface area contributed by atoms with Crippen molar-refractivity contribution in [3.05, 3.63) is 6.61 Å². The Balaban J connectivity index is 2.40. The molecule has 1 fully saturated rings. The number of likely N-dealkylation sites (tertiary alicyclic amines) is 1. The van der Waals surface area contributed by atoms with Gasteiger partial charge in [-0.3, -0.25) is 4.79 Å². The summed E-state index contributed by atoms with van der Waals surface area (Å²) in [6.45, 7) is 6.88. The SMILES string of the molecule is CC(C)[C@H](N)C(=O)N1CCC[C@@H](CCC[CH]O)C1. The van der Waals surface area contributed by atoms with Crippen LogP contribution in [0.4, 0.5) is 0 Å². The molecule has 1 saturated heterocycles. The topological polar surface area (TPSA) is 66.6 Å². The largest absolute Gasteiger partial charge is 0.390 e. The number of carbonyl (C=O) groups is 1. The van der Waals surface area contributed by atoms with Gasteiger partial charge in [-0.2, -0.15) is 0 Å². The quantitative estimate of drug-likeness (QED) is 0.712. The van der Waals surface area contributed by atoms with Crippen molar-refractivity contribution in [2.24, 2.45) is 17.6 Å². The predicted molar refractivity (Wildman–Crippen MR) is 72.2 cm³/mol. The summed E-state index contributed by atoms with van der Waals surface area (Å²) in [6, 6.07) is -0.366. The minimum Gasteiger partial charge on any atom is -0.390 e. The summed E-state index contributed by atoms with van der Waals surface area (Å²) in [6.07, 6.45) is 5.09. The predicted octanol–water partition coefficient (Wildman–Crippen LogP) is 1.91. The lowest BCUT2D eigenvalue weighted by atomic mass is 9.92. The third kappa shape index (κ3) is 4.58. The highest BCUT2D eigenvalue weighted by molar-refractivity contribution is 5.82. The zero-order valence-electron chi connectivity index (χ0n) is 11.6. The lowest BCUT2D eigenvalue weighted by Crippen LogP contribution is -2.50. The van der Waals surface area contributed by atoms with Crippen LogP contribution in [0.3, 0.4) is 0 Å². The Labute approximate surface area is 111 Å². The number of hydrogen-bond acceptors (Lipinski definition) is 3. The fraction of sp³-hybridized carbons (Fsp3) is 0.857. The molecular formula is C14H27N2O2. The number of aliphatic hydroxyl groups is 1. The molecule has 0 aromatic carbocycles. The average Bonchev–Trinajstić information content (AvgIpc) is 2.37. The van der Waals surface area contributed by atoms with Crippen LogP contribution in [0.2, 0.25) is 0 Å². The van der Waals surface area contributed by atoms with Gasteiger partial charge in [0.05, 0.1) is 12.6 Å². The zero-order chi connectivity index (χ0) is 13.5. The summed E-state index contributed by atoms with van der Waals surface area (Å²) in [4.78, 5) is 14.1. The number of hydrogen-bond donors (Lipinski definition) is 2. The molecule has 18 heavy (non-hydrogen) atoms. The van der Waals surface area contributed by atoms with Gasteiger partial charge in [0, 0.05) is 13.1 Å². The highest BCUT2D eigenvalue weighted by Crippen LogP contribution is 2.22. The highest BCUT2D eigenvalue weighted by atomic mass is 16.2. The van der Waals surface area contributed by atoms with E-state index < -0.39 is 0 Å². The normalized spacial score (nSPS) is 22.3. The van der Waals surface area contributed by atoms with Crippen molar-refractivity contribution in [2.45, 2.75) is 52.0 Å². The first-order valence-electron chi connectivity index (χ1n) is 7.06. The van der Waals surface area contributed by atoms with Crippen molar-refractivity contribution < 1.29 is 9.90 Å². The Morgan fingerprint density at radius 3 is 2.89 bits per heavy atom. The zero-order valence-corrected chi connectivity index (χ0v) is 11.6. The van der Waals surface area contributed by atoms with Crippen molar-refractivity contribution in [1.82, 2.24) is 4.90 Å². The van der Waals surface area contributed by atoms with E-state index in [0.29, 0.717) is 5.92 Å². The maximum absolute atomic E-state index is 12.2. The molecule has 2 atom stereocenters. The van der Waals surface area contributed by atoms with Crippen LogP contribution in [0.15, 0.2) is 0 Å². The number of piperidine rings is 1. The molecule has 0 aliphatic carbocycles. The molecule has 4 nitrogen and oxygen atoms in total. The molecule has 1 rings (SSSR count). The maximum atomic E-state index is 12.2.